The average molecular weight is 270 g/mol. The van der Waals surface area contributed by atoms with E-state index in [1.165, 1.54) is 0 Å². The summed E-state index contributed by atoms with van der Waals surface area (Å²) >= 11 is 5.91. The van der Waals surface area contributed by atoms with E-state index in [2.05, 4.69) is 17.0 Å². The van der Waals surface area contributed by atoms with Crippen LogP contribution in [0.25, 0.3) is 16.9 Å². The second-order valence-corrected chi connectivity index (χ2v) is 4.75. The van der Waals surface area contributed by atoms with E-state index in [9.17, 15) is 0 Å². The van der Waals surface area contributed by atoms with E-state index < -0.39 is 0 Å². The molecule has 0 spiro atoms. The van der Waals surface area contributed by atoms with Gasteiger partial charge in [0, 0.05) is 29.2 Å². The lowest BCUT2D eigenvalue weighted by molar-refractivity contribution is 0.881. The molecule has 0 N–H and O–H groups in total. The first-order valence-electron chi connectivity index (χ1n) is 5.96. The highest BCUT2D eigenvalue weighted by molar-refractivity contribution is 6.30. The van der Waals surface area contributed by atoms with Gasteiger partial charge in [-0.3, -0.25) is 4.98 Å². The summed E-state index contributed by atoms with van der Waals surface area (Å²) in [5.74, 6) is 0. The summed E-state index contributed by atoms with van der Waals surface area (Å²) in [5.41, 5.74) is 4.15. The van der Waals surface area contributed by atoms with Gasteiger partial charge in [0.05, 0.1) is 11.4 Å². The van der Waals surface area contributed by atoms with Crippen molar-refractivity contribution >= 4 is 11.6 Å². The maximum atomic E-state index is 5.91. The number of nitrogens with zero attached hydrogens (tertiary/aromatic N) is 3. The largest absolute Gasteiger partial charge is 0.265 e. The molecule has 1 aromatic carbocycles. The molecule has 0 aliphatic carbocycles. The normalized spacial score (nSPS) is 10.6. The summed E-state index contributed by atoms with van der Waals surface area (Å²) in [4.78, 5) is 4.01. The maximum absolute atomic E-state index is 5.91. The molecule has 0 amide bonds. The number of benzene rings is 1. The lowest BCUT2D eigenvalue weighted by atomic mass is 10.1. The molecule has 94 valence electrons. The molecule has 0 saturated heterocycles. The Labute approximate surface area is 116 Å². The molecule has 0 saturated carbocycles. The molecule has 0 fully saturated rings. The van der Waals surface area contributed by atoms with Gasteiger partial charge in [0.2, 0.25) is 0 Å². The van der Waals surface area contributed by atoms with Gasteiger partial charge in [-0.1, -0.05) is 23.7 Å². The van der Waals surface area contributed by atoms with Gasteiger partial charge >= 0.3 is 0 Å². The van der Waals surface area contributed by atoms with E-state index in [1.807, 2.05) is 47.3 Å². The van der Waals surface area contributed by atoms with E-state index in [0.29, 0.717) is 0 Å². The SMILES string of the molecule is Cc1cn(-c2ccncc2)nc1-c1ccc(Cl)cc1. The third-order valence-corrected chi connectivity index (χ3v) is 3.19. The fourth-order valence-corrected chi connectivity index (χ4v) is 2.11. The molecule has 2 aromatic heterocycles. The number of halogens is 1. The van der Waals surface area contributed by atoms with Crippen molar-refractivity contribution in [3.63, 3.8) is 0 Å². The number of pyridine rings is 1. The highest BCUT2D eigenvalue weighted by atomic mass is 35.5. The lowest BCUT2D eigenvalue weighted by Gasteiger charge is -2.00. The summed E-state index contributed by atoms with van der Waals surface area (Å²) in [6, 6.07) is 11.6. The van der Waals surface area contributed by atoms with Crippen LogP contribution in [0.4, 0.5) is 0 Å². The van der Waals surface area contributed by atoms with Crippen molar-refractivity contribution in [2.24, 2.45) is 0 Å². The predicted octanol–water partition coefficient (Wildman–Crippen LogP) is 3.90. The Hall–Kier alpha value is -2.13. The molecule has 0 aliphatic heterocycles. The minimum Gasteiger partial charge on any atom is -0.265 e. The summed E-state index contributed by atoms with van der Waals surface area (Å²) < 4.78 is 1.86. The summed E-state index contributed by atoms with van der Waals surface area (Å²) in [5, 5.41) is 5.36. The van der Waals surface area contributed by atoms with Crippen LogP contribution in [0.1, 0.15) is 5.56 Å². The van der Waals surface area contributed by atoms with Crippen LogP contribution >= 0.6 is 11.6 Å². The first-order valence-corrected chi connectivity index (χ1v) is 6.34. The van der Waals surface area contributed by atoms with Gasteiger partial charge < -0.3 is 0 Å². The smallest absolute Gasteiger partial charge is 0.0956 e. The molecule has 4 heteroatoms. The van der Waals surface area contributed by atoms with Crippen LogP contribution in [0.15, 0.2) is 55.0 Å². The van der Waals surface area contributed by atoms with E-state index in [4.69, 9.17) is 11.6 Å². The first kappa shape index (κ1) is 11.9. The molecule has 3 rings (SSSR count). The minimum absolute atomic E-state index is 0.731. The van der Waals surface area contributed by atoms with E-state index >= 15 is 0 Å². The van der Waals surface area contributed by atoms with E-state index in [1.54, 1.807) is 12.4 Å². The minimum atomic E-state index is 0.731. The molecule has 3 nitrogen and oxygen atoms in total. The summed E-state index contributed by atoms with van der Waals surface area (Å²) in [6.07, 6.45) is 5.53. The molecular weight excluding hydrogens is 258 g/mol. The predicted molar refractivity (Wildman–Crippen MR) is 76.5 cm³/mol. The number of aryl methyl sites for hydroxylation is 1. The first-order chi connectivity index (χ1) is 9.24. The van der Waals surface area contributed by atoms with Crippen LogP contribution < -0.4 is 0 Å². The van der Waals surface area contributed by atoms with Gasteiger partial charge in [-0.15, -0.1) is 0 Å². The Morgan fingerprint density at radius 2 is 1.68 bits per heavy atom. The quantitative estimate of drug-likeness (QED) is 0.706. The molecule has 2 heterocycles. The van der Waals surface area contributed by atoms with E-state index in [0.717, 1.165) is 27.5 Å². The summed E-state index contributed by atoms with van der Waals surface area (Å²) in [6.45, 7) is 2.05. The van der Waals surface area contributed by atoms with Crippen molar-refractivity contribution in [3.05, 3.63) is 65.6 Å². The van der Waals surface area contributed by atoms with Crippen molar-refractivity contribution in [1.29, 1.82) is 0 Å². The van der Waals surface area contributed by atoms with Crippen molar-refractivity contribution < 1.29 is 0 Å². The van der Waals surface area contributed by atoms with Crippen molar-refractivity contribution in [3.8, 4) is 16.9 Å². The van der Waals surface area contributed by atoms with Crippen LogP contribution in [-0.2, 0) is 0 Å². The van der Waals surface area contributed by atoms with Crippen molar-refractivity contribution in [2.45, 2.75) is 6.92 Å². The molecule has 0 unspecified atom stereocenters. The lowest BCUT2D eigenvalue weighted by Crippen LogP contribution is -1.94. The molecule has 0 atom stereocenters. The van der Waals surface area contributed by atoms with Crippen LogP contribution in [-0.4, -0.2) is 14.8 Å². The monoisotopic (exact) mass is 269 g/mol. The topological polar surface area (TPSA) is 30.7 Å². The van der Waals surface area contributed by atoms with Gasteiger partial charge in [0.25, 0.3) is 0 Å². The van der Waals surface area contributed by atoms with Crippen LogP contribution in [0.5, 0.6) is 0 Å². The van der Waals surface area contributed by atoms with Gasteiger partial charge in [-0.2, -0.15) is 5.10 Å². The van der Waals surface area contributed by atoms with Crippen LogP contribution in [0.3, 0.4) is 0 Å². The van der Waals surface area contributed by atoms with Gasteiger partial charge in [-0.25, -0.2) is 4.68 Å². The Morgan fingerprint density at radius 1 is 1.00 bits per heavy atom. The highest BCUT2D eigenvalue weighted by Gasteiger charge is 2.08. The van der Waals surface area contributed by atoms with E-state index in [-0.39, 0.29) is 0 Å². The van der Waals surface area contributed by atoms with Crippen molar-refractivity contribution in [2.75, 3.05) is 0 Å². The zero-order valence-electron chi connectivity index (χ0n) is 10.4. The Balaban J connectivity index is 2.05. The second-order valence-electron chi connectivity index (χ2n) is 4.32. The molecule has 19 heavy (non-hydrogen) atoms. The third kappa shape index (κ3) is 2.37. The number of hydrogen-bond donors (Lipinski definition) is 0. The standard InChI is InChI=1S/C15H12ClN3/c1-11-10-19(14-6-8-17-9-7-14)18-15(11)12-2-4-13(16)5-3-12/h2-10H,1H3. The van der Waals surface area contributed by atoms with Crippen molar-refractivity contribution in [1.82, 2.24) is 14.8 Å². The fraction of sp³-hybridized carbons (Fsp3) is 0.0667. The Kier molecular flexibility index (Phi) is 3.05. The molecular formula is C15H12ClN3. The van der Waals surface area contributed by atoms with Gasteiger partial charge in [-0.05, 0) is 36.8 Å². The molecule has 0 radical (unpaired) electrons. The molecule has 0 bridgehead atoms. The van der Waals surface area contributed by atoms with Gasteiger partial charge in [0.15, 0.2) is 0 Å². The van der Waals surface area contributed by atoms with Crippen LogP contribution in [0.2, 0.25) is 5.02 Å². The molecule has 0 aliphatic rings. The number of hydrogen-bond acceptors (Lipinski definition) is 2. The maximum Gasteiger partial charge on any atom is 0.0956 e. The van der Waals surface area contributed by atoms with Gasteiger partial charge in [0.1, 0.15) is 0 Å². The zero-order valence-corrected chi connectivity index (χ0v) is 11.2. The second kappa shape index (κ2) is 4.86. The van der Waals surface area contributed by atoms with Crippen LogP contribution in [0, 0.1) is 6.92 Å². The summed E-state index contributed by atoms with van der Waals surface area (Å²) in [7, 11) is 0. The number of aromatic nitrogens is 3. The fourth-order valence-electron chi connectivity index (χ4n) is 1.98. The number of rotatable bonds is 2. The zero-order chi connectivity index (χ0) is 13.2. The highest BCUT2D eigenvalue weighted by Crippen LogP contribution is 2.24. The Morgan fingerprint density at radius 3 is 2.37 bits per heavy atom. The third-order valence-electron chi connectivity index (χ3n) is 2.94. The average Bonchev–Trinajstić information content (AvgIpc) is 2.83. The molecule has 3 aromatic rings. The Bertz CT molecular complexity index is 687.